The van der Waals surface area contributed by atoms with E-state index in [0.717, 1.165) is 12.1 Å². The number of alkyl halides is 3. The summed E-state index contributed by atoms with van der Waals surface area (Å²) in [6.07, 6.45) is -3.21. The molecular weight excluding hydrogens is 349 g/mol. The average Bonchev–Trinajstić information content (AvgIpc) is 2.88. The van der Waals surface area contributed by atoms with Crippen LogP contribution >= 0.6 is 0 Å². The van der Waals surface area contributed by atoms with Crippen LogP contribution in [0.5, 0.6) is 11.5 Å². The van der Waals surface area contributed by atoms with Gasteiger partial charge in [-0.3, -0.25) is 9.59 Å². The average molecular weight is 362 g/mol. The van der Waals surface area contributed by atoms with Gasteiger partial charge in [-0.05, 0) is 42.8 Å². The van der Waals surface area contributed by atoms with Crippen molar-refractivity contribution in [1.82, 2.24) is 0 Å². The molecule has 0 unspecified atom stereocenters. The van der Waals surface area contributed by atoms with Crippen LogP contribution in [0.4, 0.5) is 13.2 Å². The van der Waals surface area contributed by atoms with Crippen LogP contribution in [-0.2, 0) is 11.0 Å². The quantitative estimate of drug-likeness (QED) is 0.762. The summed E-state index contributed by atoms with van der Waals surface area (Å²) in [6, 6.07) is 9.07. The van der Waals surface area contributed by atoms with Crippen LogP contribution in [0.25, 0.3) is 6.08 Å². The molecule has 0 amide bonds. The largest absolute Gasteiger partial charge is 0.486 e. The molecule has 4 nitrogen and oxygen atoms in total. The number of carbonyl (C=O) groups is 2. The van der Waals surface area contributed by atoms with Crippen LogP contribution in [0.1, 0.15) is 28.4 Å². The Morgan fingerprint density at radius 1 is 1.19 bits per heavy atom. The number of ketones is 2. The number of halogens is 3. The monoisotopic (exact) mass is 362 g/mol. The van der Waals surface area contributed by atoms with E-state index in [4.69, 9.17) is 9.47 Å². The van der Waals surface area contributed by atoms with Crippen molar-refractivity contribution in [3.63, 3.8) is 0 Å². The van der Waals surface area contributed by atoms with Gasteiger partial charge in [0.25, 0.3) is 0 Å². The molecule has 0 saturated heterocycles. The molecule has 1 aliphatic rings. The van der Waals surface area contributed by atoms with Crippen LogP contribution in [0, 0.1) is 0 Å². The van der Waals surface area contributed by atoms with Gasteiger partial charge >= 0.3 is 6.18 Å². The van der Waals surface area contributed by atoms with Crippen molar-refractivity contribution in [2.24, 2.45) is 0 Å². The molecule has 134 valence electrons. The molecule has 1 heterocycles. The van der Waals surface area contributed by atoms with E-state index in [9.17, 15) is 22.8 Å². The summed E-state index contributed by atoms with van der Waals surface area (Å²) in [4.78, 5) is 23.3. The fraction of sp³-hybridized carbons (Fsp3) is 0.158. The lowest BCUT2D eigenvalue weighted by Gasteiger charge is -2.07. The maximum atomic E-state index is 12.8. The summed E-state index contributed by atoms with van der Waals surface area (Å²) >= 11 is 0. The Morgan fingerprint density at radius 3 is 2.65 bits per heavy atom. The fourth-order valence-electron chi connectivity index (χ4n) is 2.40. The van der Waals surface area contributed by atoms with Crippen LogP contribution in [0.2, 0.25) is 0 Å². The van der Waals surface area contributed by atoms with Crippen molar-refractivity contribution in [2.45, 2.75) is 13.1 Å². The smallest absolute Gasteiger partial charge is 0.416 e. The zero-order valence-corrected chi connectivity index (χ0v) is 13.6. The fourth-order valence-corrected chi connectivity index (χ4v) is 2.40. The van der Waals surface area contributed by atoms with Gasteiger partial charge in [0.15, 0.2) is 11.5 Å². The first kappa shape index (κ1) is 17.7. The zero-order chi connectivity index (χ0) is 18.9. The number of rotatable bonds is 4. The second kappa shape index (κ2) is 6.67. The highest BCUT2D eigenvalue weighted by atomic mass is 19.4. The first-order valence-electron chi connectivity index (χ1n) is 7.62. The third-order valence-electron chi connectivity index (χ3n) is 3.60. The first-order chi connectivity index (χ1) is 12.2. The third-order valence-corrected chi connectivity index (χ3v) is 3.60. The number of fused-ring (bicyclic) bond motifs is 1. The van der Waals surface area contributed by atoms with Crippen molar-refractivity contribution >= 4 is 17.6 Å². The molecule has 0 fully saturated rings. The van der Waals surface area contributed by atoms with E-state index in [-0.39, 0.29) is 35.0 Å². The molecule has 0 N–H and O–H groups in total. The SMILES string of the molecule is CC(=O)COc1ccc2c(c1)O/C(=C\c1cccc(C(F)(F)F)c1)C2=O. The maximum absolute atomic E-state index is 12.8. The van der Waals surface area contributed by atoms with Gasteiger partial charge in [-0.2, -0.15) is 13.2 Å². The Morgan fingerprint density at radius 2 is 1.96 bits per heavy atom. The molecule has 0 radical (unpaired) electrons. The molecule has 2 aromatic rings. The molecule has 1 aliphatic heterocycles. The lowest BCUT2D eigenvalue weighted by atomic mass is 10.1. The number of hydrogen-bond acceptors (Lipinski definition) is 4. The molecule has 7 heteroatoms. The summed E-state index contributed by atoms with van der Waals surface area (Å²) in [6.45, 7) is 1.27. The normalized spacial score (nSPS) is 14.9. The van der Waals surface area contributed by atoms with Gasteiger partial charge in [-0.15, -0.1) is 0 Å². The minimum Gasteiger partial charge on any atom is -0.486 e. The summed E-state index contributed by atoms with van der Waals surface area (Å²) in [5, 5.41) is 0. The Hall–Kier alpha value is -3.09. The molecular formula is C19H13F3O4. The van der Waals surface area contributed by atoms with E-state index in [1.54, 1.807) is 0 Å². The lowest BCUT2D eigenvalue weighted by molar-refractivity contribution is -0.137. The van der Waals surface area contributed by atoms with Gasteiger partial charge in [0, 0.05) is 6.07 Å². The van der Waals surface area contributed by atoms with Crippen molar-refractivity contribution in [2.75, 3.05) is 6.61 Å². The number of allylic oxidation sites excluding steroid dienone is 1. The van der Waals surface area contributed by atoms with Crippen LogP contribution in [0.15, 0.2) is 48.2 Å². The molecule has 3 rings (SSSR count). The van der Waals surface area contributed by atoms with E-state index in [1.807, 2.05) is 0 Å². The Kier molecular flexibility index (Phi) is 4.54. The second-order valence-corrected chi connectivity index (χ2v) is 5.71. The van der Waals surface area contributed by atoms with Crippen molar-refractivity contribution in [1.29, 1.82) is 0 Å². The molecule has 0 spiro atoms. The summed E-state index contributed by atoms with van der Waals surface area (Å²) in [7, 11) is 0. The second-order valence-electron chi connectivity index (χ2n) is 5.71. The molecule has 0 atom stereocenters. The van der Waals surface area contributed by atoms with Crippen LogP contribution < -0.4 is 9.47 Å². The predicted molar refractivity (Wildman–Crippen MR) is 87.0 cm³/mol. The lowest BCUT2D eigenvalue weighted by Crippen LogP contribution is -2.06. The van der Waals surface area contributed by atoms with Crippen LogP contribution in [-0.4, -0.2) is 18.2 Å². The molecule has 2 aromatic carbocycles. The zero-order valence-electron chi connectivity index (χ0n) is 13.6. The number of benzene rings is 2. The van der Waals surface area contributed by atoms with E-state index >= 15 is 0 Å². The third kappa shape index (κ3) is 3.77. The summed E-state index contributed by atoms with van der Waals surface area (Å²) in [5.41, 5.74) is -0.336. The molecule has 0 bridgehead atoms. The van der Waals surface area contributed by atoms with Gasteiger partial charge in [0.05, 0.1) is 11.1 Å². The predicted octanol–water partition coefficient (Wildman–Crippen LogP) is 4.29. The standard InChI is InChI=1S/C19H13F3O4/c1-11(23)10-25-14-5-6-15-16(9-14)26-17(18(15)24)8-12-3-2-4-13(7-12)19(20,21)22/h2-9H,10H2,1H3/b17-8-. The minimum atomic E-state index is -4.47. The van der Waals surface area contributed by atoms with Crippen LogP contribution in [0.3, 0.4) is 0 Å². The first-order valence-corrected chi connectivity index (χ1v) is 7.62. The highest BCUT2D eigenvalue weighted by Crippen LogP contribution is 2.35. The Labute approximate surface area is 146 Å². The van der Waals surface area contributed by atoms with E-state index in [0.29, 0.717) is 5.75 Å². The Balaban J connectivity index is 1.85. The van der Waals surface area contributed by atoms with Gasteiger partial charge in [0.2, 0.25) is 5.78 Å². The summed E-state index contributed by atoms with van der Waals surface area (Å²) in [5.74, 6) is -0.0902. The van der Waals surface area contributed by atoms with E-state index < -0.39 is 17.5 Å². The maximum Gasteiger partial charge on any atom is 0.416 e. The van der Waals surface area contributed by atoms with Gasteiger partial charge < -0.3 is 9.47 Å². The highest BCUT2D eigenvalue weighted by Gasteiger charge is 2.31. The van der Waals surface area contributed by atoms with Gasteiger partial charge in [0.1, 0.15) is 18.1 Å². The number of hydrogen-bond donors (Lipinski definition) is 0. The van der Waals surface area contributed by atoms with Gasteiger partial charge in [-0.25, -0.2) is 0 Å². The van der Waals surface area contributed by atoms with E-state index in [1.165, 1.54) is 43.3 Å². The van der Waals surface area contributed by atoms with Gasteiger partial charge in [-0.1, -0.05) is 12.1 Å². The van der Waals surface area contributed by atoms with Crippen molar-refractivity contribution in [3.8, 4) is 11.5 Å². The van der Waals surface area contributed by atoms with E-state index in [2.05, 4.69) is 0 Å². The molecule has 26 heavy (non-hydrogen) atoms. The Bertz CT molecular complexity index is 913. The summed E-state index contributed by atoms with van der Waals surface area (Å²) < 4.78 is 49.1. The van der Waals surface area contributed by atoms with Crippen molar-refractivity contribution in [3.05, 3.63) is 64.9 Å². The number of Topliss-reactive ketones (excluding diaryl/α,β-unsaturated/α-hetero) is 2. The molecule has 0 aromatic heterocycles. The topological polar surface area (TPSA) is 52.6 Å². The number of ether oxygens (including phenoxy) is 2. The minimum absolute atomic E-state index is 0.0805. The molecule has 0 aliphatic carbocycles. The van der Waals surface area contributed by atoms with Crippen molar-refractivity contribution < 1.29 is 32.2 Å². The number of carbonyl (C=O) groups excluding carboxylic acids is 2. The highest BCUT2D eigenvalue weighted by molar-refractivity contribution is 6.14. The molecule has 0 saturated carbocycles.